The molecule has 0 unspecified atom stereocenters. The summed E-state index contributed by atoms with van der Waals surface area (Å²) < 4.78 is 1.86. The van der Waals surface area contributed by atoms with Crippen LogP contribution in [-0.2, 0) is 18.4 Å². The van der Waals surface area contributed by atoms with Gasteiger partial charge in [0.15, 0.2) is 0 Å². The van der Waals surface area contributed by atoms with Gasteiger partial charge in [0.1, 0.15) is 18.4 Å². The standard InChI is InChI=1S/C16H18N4O2/c1-11-12(6-15(8-17)20(11)2)9-18-13-4-3-5-14(7-13)19-16(22)10-21/h3-7,18,21H,9-10H2,1-2H3,(H,19,22). The van der Waals surface area contributed by atoms with Gasteiger partial charge in [-0.05, 0) is 36.8 Å². The number of benzene rings is 1. The molecular weight excluding hydrogens is 280 g/mol. The average Bonchev–Trinajstić information content (AvgIpc) is 2.80. The van der Waals surface area contributed by atoms with Crippen molar-refractivity contribution in [2.45, 2.75) is 13.5 Å². The van der Waals surface area contributed by atoms with Crippen molar-refractivity contribution in [1.82, 2.24) is 4.57 Å². The second kappa shape index (κ2) is 6.78. The molecule has 0 bridgehead atoms. The Morgan fingerprint density at radius 1 is 1.36 bits per heavy atom. The minimum Gasteiger partial charge on any atom is -0.387 e. The predicted octanol–water partition coefficient (Wildman–Crippen LogP) is 1.75. The van der Waals surface area contributed by atoms with Crippen LogP contribution in [0.2, 0.25) is 0 Å². The van der Waals surface area contributed by atoms with E-state index in [-0.39, 0.29) is 0 Å². The quantitative estimate of drug-likeness (QED) is 0.784. The minimum absolute atomic E-state index is 0.449. The first-order valence-corrected chi connectivity index (χ1v) is 6.85. The van der Waals surface area contributed by atoms with Gasteiger partial charge in [0.2, 0.25) is 5.91 Å². The number of hydrogen-bond acceptors (Lipinski definition) is 4. The van der Waals surface area contributed by atoms with E-state index in [2.05, 4.69) is 16.7 Å². The fraction of sp³-hybridized carbons (Fsp3) is 0.250. The summed E-state index contributed by atoms with van der Waals surface area (Å²) in [6.07, 6.45) is 0. The molecule has 0 aliphatic rings. The topological polar surface area (TPSA) is 90.1 Å². The van der Waals surface area contributed by atoms with Crippen LogP contribution in [0.15, 0.2) is 30.3 Å². The van der Waals surface area contributed by atoms with Crippen LogP contribution in [-0.4, -0.2) is 22.2 Å². The van der Waals surface area contributed by atoms with Crippen LogP contribution in [0, 0.1) is 18.3 Å². The first-order chi connectivity index (χ1) is 10.5. The highest BCUT2D eigenvalue weighted by Crippen LogP contribution is 2.18. The second-order valence-electron chi connectivity index (χ2n) is 4.95. The number of aliphatic hydroxyl groups excluding tert-OH is 1. The molecule has 1 aromatic heterocycles. The number of hydrogen-bond donors (Lipinski definition) is 3. The Hall–Kier alpha value is -2.78. The van der Waals surface area contributed by atoms with Gasteiger partial charge in [-0.1, -0.05) is 6.07 Å². The summed E-state index contributed by atoms with van der Waals surface area (Å²) in [5.41, 5.74) is 4.17. The molecule has 1 aromatic carbocycles. The van der Waals surface area contributed by atoms with Gasteiger partial charge in [0.25, 0.3) is 0 Å². The summed E-state index contributed by atoms with van der Waals surface area (Å²) in [5, 5.41) is 23.6. The lowest BCUT2D eigenvalue weighted by Crippen LogP contribution is -2.15. The lowest BCUT2D eigenvalue weighted by Gasteiger charge is -2.09. The highest BCUT2D eigenvalue weighted by Gasteiger charge is 2.08. The molecule has 0 fully saturated rings. The third-order valence-electron chi connectivity index (χ3n) is 3.53. The zero-order valence-electron chi connectivity index (χ0n) is 12.6. The Bertz CT molecular complexity index is 728. The molecule has 0 atom stereocenters. The molecule has 1 amide bonds. The Morgan fingerprint density at radius 2 is 2.09 bits per heavy atom. The van der Waals surface area contributed by atoms with Crippen molar-refractivity contribution in [3.8, 4) is 6.07 Å². The normalized spacial score (nSPS) is 10.1. The predicted molar refractivity (Wildman–Crippen MR) is 84.3 cm³/mol. The first-order valence-electron chi connectivity index (χ1n) is 6.85. The van der Waals surface area contributed by atoms with E-state index < -0.39 is 12.5 Å². The van der Waals surface area contributed by atoms with Gasteiger partial charge in [-0.2, -0.15) is 5.26 Å². The Kier molecular flexibility index (Phi) is 4.81. The van der Waals surface area contributed by atoms with Crippen LogP contribution in [0.3, 0.4) is 0 Å². The maximum Gasteiger partial charge on any atom is 0.250 e. The van der Waals surface area contributed by atoms with Crippen LogP contribution < -0.4 is 10.6 Å². The molecule has 6 nitrogen and oxygen atoms in total. The highest BCUT2D eigenvalue weighted by molar-refractivity contribution is 5.91. The van der Waals surface area contributed by atoms with E-state index >= 15 is 0 Å². The third-order valence-corrected chi connectivity index (χ3v) is 3.53. The van der Waals surface area contributed by atoms with Crippen molar-refractivity contribution >= 4 is 17.3 Å². The summed E-state index contributed by atoms with van der Waals surface area (Å²) in [4.78, 5) is 11.2. The number of amides is 1. The van der Waals surface area contributed by atoms with Crippen molar-refractivity contribution in [3.63, 3.8) is 0 Å². The number of rotatable bonds is 5. The summed E-state index contributed by atoms with van der Waals surface area (Å²) in [7, 11) is 1.86. The number of carbonyl (C=O) groups excluding carboxylic acids is 1. The van der Waals surface area contributed by atoms with Gasteiger partial charge >= 0.3 is 0 Å². The largest absolute Gasteiger partial charge is 0.387 e. The molecule has 0 saturated heterocycles. The smallest absolute Gasteiger partial charge is 0.250 e. The molecular formula is C16H18N4O2. The fourth-order valence-corrected chi connectivity index (χ4v) is 2.15. The maximum atomic E-state index is 11.2. The molecule has 22 heavy (non-hydrogen) atoms. The molecule has 0 saturated carbocycles. The van der Waals surface area contributed by atoms with Crippen molar-refractivity contribution in [1.29, 1.82) is 5.26 Å². The monoisotopic (exact) mass is 298 g/mol. The van der Waals surface area contributed by atoms with Gasteiger partial charge in [-0.25, -0.2) is 0 Å². The van der Waals surface area contributed by atoms with E-state index in [1.807, 2.05) is 36.7 Å². The van der Waals surface area contributed by atoms with Gasteiger partial charge in [-0.3, -0.25) is 4.79 Å². The SMILES string of the molecule is Cc1c(CNc2cccc(NC(=O)CO)c2)cc(C#N)n1C. The lowest BCUT2D eigenvalue weighted by atomic mass is 10.2. The van der Waals surface area contributed by atoms with Crippen LogP contribution in [0.25, 0.3) is 0 Å². The number of nitrogens with one attached hydrogen (secondary N) is 2. The van der Waals surface area contributed by atoms with Crippen molar-refractivity contribution in [2.24, 2.45) is 7.05 Å². The lowest BCUT2D eigenvalue weighted by molar-refractivity contribution is -0.118. The van der Waals surface area contributed by atoms with E-state index in [1.165, 1.54) is 0 Å². The van der Waals surface area contributed by atoms with E-state index in [4.69, 9.17) is 10.4 Å². The molecule has 3 N–H and O–H groups in total. The fourth-order valence-electron chi connectivity index (χ4n) is 2.15. The minimum atomic E-state index is -0.544. The number of aliphatic hydroxyl groups is 1. The summed E-state index contributed by atoms with van der Waals surface area (Å²) in [5.74, 6) is -0.449. The molecule has 1 heterocycles. The number of nitrogens with zero attached hydrogens (tertiary/aromatic N) is 2. The van der Waals surface area contributed by atoms with Crippen LogP contribution in [0.5, 0.6) is 0 Å². The maximum absolute atomic E-state index is 11.2. The molecule has 2 aromatic rings. The number of carbonyl (C=O) groups is 1. The van der Waals surface area contributed by atoms with Crippen molar-refractivity contribution in [3.05, 3.63) is 47.3 Å². The second-order valence-corrected chi connectivity index (χ2v) is 4.95. The Balaban J connectivity index is 2.07. The molecule has 0 radical (unpaired) electrons. The third kappa shape index (κ3) is 3.45. The molecule has 114 valence electrons. The van der Waals surface area contributed by atoms with Crippen molar-refractivity contribution < 1.29 is 9.90 Å². The van der Waals surface area contributed by atoms with Gasteiger partial charge in [0.05, 0.1) is 0 Å². The zero-order chi connectivity index (χ0) is 16.1. The van der Waals surface area contributed by atoms with Crippen LogP contribution in [0.1, 0.15) is 17.0 Å². The van der Waals surface area contributed by atoms with E-state index in [1.54, 1.807) is 12.1 Å². The van der Waals surface area contributed by atoms with E-state index in [0.29, 0.717) is 17.9 Å². The molecule has 0 spiro atoms. The van der Waals surface area contributed by atoms with Crippen LogP contribution in [0.4, 0.5) is 11.4 Å². The molecule has 6 heteroatoms. The average molecular weight is 298 g/mol. The Labute approximate surface area is 129 Å². The number of anilines is 2. The van der Waals surface area contributed by atoms with Crippen LogP contribution >= 0.6 is 0 Å². The molecule has 2 rings (SSSR count). The number of nitriles is 1. The number of aromatic nitrogens is 1. The summed E-state index contributed by atoms with van der Waals surface area (Å²) in [6, 6.07) is 11.3. The Morgan fingerprint density at radius 3 is 2.73 bits per heavy atom. The zero-order valence-corrected chi connectivity index (χ0v) is 12.6. The van der Waals surface area contributed by atoms with E-state index in [0.717, 1.165) is 16.9 Å². The van der Waals surface area contributed by atoms with Crippen molar-refractivity contribution in [2.75, 3.05) is 17.2 Å². The highest BCUT2D eigenvalue weighted by atomic mass is 16.3. The first kappa shape index (κ1) is 15.6. The van der Waals surface area contributed by atoms with Gasteiger partial charge < -0.3 is 20.3 Å². The van der Waals surface area contributed by atoms with Gasteiger partial charge in [-0.15, -0.1) is 0 Å². The van der Waals surface area contributed by atoms with E-state index in [9.17, 15) is 4.79 Å². The van der Waals surface area contributed by atoms with Gasteiger partial charge in [0, 0.05) is 30.7 Å². The molecule has 0 aliphatic carbocycles. The summed E-state index contributed by atoms with van der Waals surface area (Å²) >= 11 is 0. The summed E-state index contributed by atoms with van der Waals surface area (Å²) in [6.45, 7) is 2.01. The molecule has 0 aliphatic heterocycles.